The first-order valence-corrected chi connectivity index (χ1v) is 3.58. The Labute approximate surface area is 66.8 Å². The number of rotatable bonds is 2. The summed E-state index contributed by atoms with van der Waals surface area (Å²) in [5.41, 5.74) is 5.96. The molecule has 0 fully saturated rings. The molecule has 0 unspecified atom stereocenters. The first-order chi connectivity index (χ1) is 4.57. The van der Waals surface area contributed by atoms with Crippen LogP contribution < -0.4 is 5.73 Å². The van der Waals surface area contributed by atoms with Crippen LogP contribution in [0.4, 0.5) is 0 Å². The van der Waals surface area contributed by atoms with Crippen molar-refractivity contribution in [1.29, 1.82) is 0 Å². The van der Waals surface area contributed by atoms with Gasteiger partial charge in [0, 0.05) is 12.2 Å². The lowest BCUT2D eigenvalue weighted by atomic mass is 10.3. The van der Waals surface area contributed by atoms with E-state index in [1.807, 2.05) is 20.8 Å². The van der Waals surface area contributed by atoms with Gasteiger partial charge in [-0.05, 0) is 20.8 Å². The quantitative estimate of drug-likeness (QED) is 0.616. The summed E-state index contributed by atoms with van der Waals surface area (Å²) in [7, 11) is 0. The third-order valence-electron chi connectivity index (χ3n) is 0.944. The summed E-state index contributed by atoms with van der Waals surface area (Å²) in [6.45, 7) is 5.82. The molecule has 0 spiro atoms. The van der Waals surface area contributed by atoms with E-state index in [4.69, 9.17) is 17.3 Å². The molecule has 0 atom stereocenters. The molecule has 0 aromatic rings. The van der Waals surface area contributed by atoms with Gasteiger partial charge in [-0.2, -0.15) is 0 Å². The lowest BCUT2D eigenvalue weighted by molar-refractivity contribution is 0.836. The first kappa shape index (κ1) is 9.50. The molecule has 0 aromatic heterocycles. The topological polar surface area (TPSA) is 38.4 Å². The smallest absolute Gasteiger partial charge is 0.0768 e. The Morgan fingerprint density at radius 2 is 2.10 bits per heavy atom. The van der Waals surface area contributed by atoms with Crippen molar-refractivity contribution in [1.82, 2.24) is 0 Å². The number of nitrogens with two attached hydrogens (primary N) is 1. The van der Waals surface area contributed by atoms with Crippen molar-refractivity contribution in [3.05, 3.63) is 11.2 Å². The highest BCUT2D eigenvalue weighted by Gasteiger charge is 1.96. The van der Waals surface area contributed by atoms with Gasteiger partial charge in [-0.3, -0.25) is 4.99 Å². The molecule has 0 radical (unpaired) electrons. The predicted octanol–water partition coefficient (Wildman–Crippen LogP) is 1.89. The van der Waals surface area contributed by atoms with Crippen LogP contribution in [0, 0.1) is 0 Å². The molecule has 0 amide bonds. The fourth-order valence-corrected chi connectivity index (χ4v) is 0.618. The van der Waals surface area contributed by atoms with Crippen molar-refractivity contribution in [2.45, 2.75) is 26.8 Å². The molecule has 2 N–H and O–H groups in total. The van der Waals surface area contributed by atoms with Crippen LogP contribution in [0.5, 0.6) is 0 Å². The summed E-state index contributed by atoms with van der Waals surface area (Å²) in [4.78, 5) is 4.18. The molecule has 0 aliphatic carbocycles. The molecular weight excluding hydrogens is 148 g/mol. The monoisotopic (exact) mass is 160 g/mol. The van der Waals surface area contributed by atoms with Crippen molar-refractivity contribution in [2.24, 2.45) is 10.7 Å². The highest BCUT2D eigenvalue weighted by Crippen LogP contribution is 2.03. The van der Waals surface area contributed by atoms with Gasteiger partial charge in [-0.1, -0.05) is 11.6 Å². The van der Waals surface area contributed by atoms with Gasteiger partial charge in [0.1, 0.15) is 0 Å². The summed E-state index contributed by atoms with van der Waals surface area (Å²) in [5.74, 6) is 0. The lowest BCUT2D eigenvalue weighted by Gasteiger charge is -1.99. The normalized spacial score (nSPS) is 14.5. The van der Waals surface area contributed by atoms with Gasteiger partial charge in [-0.15, -0.1) is 0 Å². The number of nitrogens with zero attached hydrogens (tertiary/aromatic N) is 1. The average Bonchev–Trinajstić information content (AvgIpc) is 1.85. The zero-order valence-corrected chi connectivity index (χ0v) is 7.31. The van der Waals surface area contributed by atoms with Crippen LogP contribution in [0.2, 0.25) is 0 Å². The second-order valence-corrected chi connectivity index (χ2v) is 2.73. The average molecular weight is 161 g/mol. The second-order valence-electron chi connectivity index (χ2n) is 2.32. The number of halogens is 1. The Morgan fingerprint density at radius 1 is 1.60 bits per heavy atom. The largest absolute Gasteiger partial charge is 0.403 e. The van der Waals surface area contributed by atoms with Crippen LogP contribution in [0.3, 0.4) is 0 Å². The predicted molar refractivity (Wildman–Crippen MR) is 46.4 cm³/mol. The molecule has 0 heterocycles. The molecule has 0 saturated heterocycles. The maximum absolute atomic E-state index is 5.67. The lowest BCUT2D eigenvalue weighted by Crippen LogP contribution is -1.99. The summed E-state index contributed by atoms with van der Waals surface area (Å²) < 4.78 is 0. The SMILES string of the molecule is CC(=NC(C)C)/C(Cl)=C\N. The van der Waals surface area contributed by atoms with E-state index in [1.54, 1.807) is 0 Å². The number of aliphatic imine (C=N–C) groups is 1. The fraction of sp³-hybridized carbons (Fsp3) is 0.571. The minimum Gasteiger partial charge on any atom is -0.403 e. The summed E-state index contributed by atoms with van der Waals surface area (Å²) >= 11 is 5.67. The van der Waals surface area contributed by atoms with Crippen LogP contribution >= 0.6 is 11.6 Å². The van der Waals surface area contributed by atoms with Crippen LogP contribution in [0.15, 0.2) is 16.2 Å². The van der Waals surface area contributed by atoms with Crippen molar-refractivity contribution in [3.63, 3.8) is 0 Å². The van der Waals surface area contributed by atoms with Gasteiger partial charge < -0.3 is 5.73 Å². The number of hydrogen-bond donors (Lipinski definition) is 1. The Kier molecular flexibility index (Phi) is 4.12. The van der Waals surface area contributed by atoms with Gasteiger partial charge in [0.15, 0.2) is 0 Å². The molecule has 0 rings (SSSR count). The molecular formula is C7H13ClN2. The van der Waals surface area contributed by atoms with Crippen molar-refractivity contribution in [2.75, 3.05) is 0 Å². The Balaban J connectivity index is 4.20. The second kappa shape index (κ2) is 4.34. The first-order valence-electron chi connectivity index (χ1n) is 3.20. The van der Waals surface area contributed by atoms with Crippen LogP contribution in [-0.4, -0.2) is 11.8 Å². The van der Waals surface area contributed by atoms with E-state index in [-0.39, 0.29) is 6.04 Å². The number of hydrogen-bond acceptors (Lipinski definition) is 2. The highest BCUT2D eigenvalue weighted by atomic mass is 35.5. The number of allylic oxidation sites excluding steroid dienone is 1. The summed E-state index contributed by atoms with van der Waals surface area (Å²) in [6, 6.07) is 0.272. The van der Waals surface area contributed by atoms with Crippen LogP contribution in [0.1, 0.15) is 20.8 Å². The van der Waals surface area contributed by atoms with Crippen LogP contribution in [-0.2, 0) is 0 Å². The standard InChI is InChI=1S/C7H13ClN2/c1-5(2)10-6(3)7(8)4-9/h4-5H,9H2,1-3H3/b7-4+,10-6?. The zero-order valence-electron chi connectivity index (χ0n) is 6.56. The molecule has 58 valence electrons. The fourth-order valence-electron chi connectivity index (χ4n) is 0.570. The van der Waals surface area contributed by atoms with E-state index in [1.165, 1.54) is 6.20 Å². The highest BCUT2D eigenvalue weighted by molar-refractivity contribution is 6.43. The zero-order chi connectivity index (χ0) is 8.15. The molecule has 2 nitrogen and oxygen atoms in total. The molecule has 0 aliphatic rings. The molecule has 0 aromatic carbocycles. The maximum Gasteiger partial charge on any atom is 0.0768 e. The Hall–Kier alpha value is -0.500. The minimum atomic E-state index is 0.272. The van der Waals surface area contributed by atoms with E-state index in [0.717, 1.165) is 5.71 Å². The molecule has 0 saturated carbocycles. The van der Waals surface area contributed by atoms with Gasteiger partial charge in [0.05, 0.1) is 10.7 Å². The van der Waals surface area contributed by atoms with Gasteiger partial charge in [0.2, 0.25) is 0 Å². The van der Waals surface area contributed by atoms with Crippen molar-refractivity contribution in [3.8, 4) is 0 Å². The van der Waals surface area contributed by atoms with E-state index in [2.05, 4.69) is 4.99 Å². The van der Waals surface area contributed by atoms with E-state index in [0.29, 0.717) is 5.03 Å². The summed E-state index contributed by atoms with van der Waals surface area (Å²) in [5, 5.41) is 0.522. The molecule has 0 bridgehead atoms. The molecule has 10 heavy (non-hydrogen) atoms. The third kappa shape index (κ3) is 3.51. The van der Waals surface area contributed by atoms with E-state index in [9.17, 15) is 0 Å². The van der Waals surface area contributed by atoms with Gasteiger partial charge >= 0.3 is 0 Å². The minimum absolute atomic E-state index is 0.272. The molecule has 3 heteroatoms. The Morgan fingerprint density at radius 3 is 2.40 bits per heavy atom. The summed E-state index contributed by atoms with van der Waals surface area (Å²) in [6.07, 6.45) is 1.35. The van der Waals surface area contributed by atoms with Gasteiger partial charge in [-0.25, -0.2) is 0 Å². The van der Waals surface area contributed by atoms with E-state index < -0.39 is 0 Å². The van der Waals surface area contributed by atoms with E-state index >= 15 is 0 Å². The maximum atomic E-state index is 5.67. The molecule has 0 aliphatic heterocycles. The van der Waals surface area contributed by atoms with Crippen molar-refractivity contribution < 1.29 is 0 Å². The van der Waals surface area contributed by atoms with Gasteiger partial charge in [0.25, 0.3) is 0 Å². The van der Waals surface area contributed by atoms with Crippen molar-refractivity contribution >= 4 is 17.3 Å². The third-order valence-corrected chi connectivity index (χ3v) is 1.34. The Bertz CT molecular complexity index is 159. The van der Waals surface area contributed by atoms with Crippen LogP contribution in [0.25, 0.3) is 0 Å².